The first-order valence-corrected chi connectivity index (χ1v) is 12.6. The molecule has 5 atom stereocenters. The summed E-state index contributed by atoms with van der Waals surface area (Å²) in [7, 11) is 0. The largest absolute Gasteiger partial charge is 0.444 e. The highest BCUT2D eigenvalue weighted by Crippen LogP contribution is 2.38. The molecule has 37 heavy (non-hydrogen) atoms. The van der Waals surface area contributed by atoms with Gasteiger partial charge in [0.05, 0.1) is 18.2 Å². The van der Waals surface area contributed by atoms with Crippen LogP contribution in [0.15, 0.2) is 18.2 Å². The van der Waals surface area contributed by atoms with E-state index in [0.29, 0.717) is 37.9 Å². The van der Waals surface area contributed by atoms with Crippen molar-refractivity contribution in [3.05, 3.63) is 35.4 Å². The molecular formula is C26H33F2N5O4. The van der Waals surface area contributed by atoms with Gasteiger partial charge >= 0.3 is 6.09 Å². The predicted molar refractivity (Wildman–Crippen MR) is 129 cm³/mol. The molecule has 4 rings (SSSR count). The number of nitrogens with zero attached hydrogens (tertiary/aromatic N) is 4. The molecule has 3 saturated heterocycles. The molecule has 3 aliphatic rings. The van der Waals surface area contributed by atoms with Crippen molar-refractivity contribution in [3.8, 4) is 6.07 Å². The van der Waals surface area contributed by atoms with Gasteiger partial charge in [-0.15, -0.1) is 0 Å². The molecule has 2 bridgehead atoms. The minimum absolute atomic E-state index is 0.0798. The SMILES string of the molecule is C[C@@H](c1cc(F)cc(F)c1)N1C(=O)C2CC1CN2CC(NC(=O)OC(C)(C)C)C(=O)N1CCCC1C#N. The Bertz CT molecular complexity index is 1100. The Morgan fingerprint density at radius 3 is 2.51 bits per heavy atom. The lowest BCUT2D eigenvalue weighted by Crippen LogP contribution is -2.59. The van der Waals surface area contributed by atoms with Gasteiger partial charge in [-0.1, -0.05) is 0 Å². The van der Waals surface area contributed by atoms with Crippen LogP contribution in [0.4, 0.5) is 13.6 Å². The summed E-state index contributed by atoms with van der Waals surface area (Å²) < 4.78 is 32.9. The van der Waals surface area contributed by atoms with Crippen LogP contribution in [0.2, 0.25) is 0 Å². The first-order valence-electron chi connectivity index (χ1n) is 12.6. The molecule has 1 N–H and O–H groups in total. The number of rotatable bonds is 6. The van der Waals surface area contributed by atoms with Crippen molar-refractivity contribution in [2.24, 2.45) is 0 Å². The Hall–Kier alpha value is -3.26. The van der Waals surface area contributed by atoms with Gasteiger partial charge in [-0.2, -0.15) is 5.26 Å². The Labute approximate surface area is 215 Å². The standard InChI is InChI=1S/C26H33F2N5O4/c1-15(16-8-17(27)10-18(28)9-16)33-20-11-22(24(33)35)31(13-20)14-21(30-25(36)37-26(2,3)4)23(34)32-7-5-6-19(32)12-29/h8-10,15,19-22H,5-7,11,13-14H2,1-4H3,(H,30,36)/t15-,19?,20?,21?,22?/m0/s1. The van der Waals surface area contributed by atoms with Gasteiger partial charge in [-0.25, -0.2) is 13.6 Å². The van der Waals surface area contributed by atoms with Crippen LogP contribution in [0.5, 0.6) is 0 Å². The molecule has 9 nitrogen and oxygen atoms in total. The van der Waals surface area contributed by atoms with Crippen molar-refractivity contribution in [3.63, 3.8) is 0 Å². The lowest BCUT2D eigenvalue weighted by Gasteiger charge is -2.39. The molecule has 0 spiro atoms. The van der Waals surface area contributed by atoms with Crippen LogP contribution in [-0.4, -0.2) is 82.0 Å². The topological polar surface area (TPSA) is 106 Å². The molecule has 3 amide bonds. The number of halogens is 2. The van der Waals surface area contributed by atoms with Gasteiger partial charge in [0.15, 0.2) is 0 Å². The molecule has 4 unspecified atom stereocenters. The number of piperazine rings is 1. The van der Waals surface area contributed by atoms with Gasteiger partial charge in [-0.3, -0.25) is 14.5 Å². The molecule has 0 aliphatic carbocycles. The van der Waals surface area contributed by atoms with Gasteiger partial charge < -0.3 is 19.9 Å². The van der Waals surface area contributed by atoms with E-state index in [1.54, 1.807) is 32.6 Å². The average molecular weight is 518 g/mol. The third-order valence-corrected chi connectivity index (χ3v) is 7.19. The summed E-state index contributed by atoms with van der Waals surface area (Å²) in [5.74, 6) is -1.97. The molecule has 0 saturated carbocycles. The molecular weight excluding hydrogens is 484 g/mol. The number of fused-ring (bicyclic) bond motifs is 2. The summed E-state index contributed by atoms with van der Waals surface area (Å²) >= 11 is 0. The number of hydrogen-bond donors (Lipinski definition) is 1. The number of nitrogens with one attached hydrogen (secondary N) is 1. The second kappa shape index (κ2) is 10.2. The number of benzene rings is 1. The van der Waals surface area contributed by atoms with E-state index in [9.17, 15) is 28.4 Å². The number of carbonyl (C=O) groups is 3. The van der Waals surface area contributed by atoms with Gasteiger partial charge in [0.1, 0.15) is 29.3 Å². The van der Waals surface area contributed by atoms with E-state index in [0.717, 1.165) is 6.07 Å². The second-order valence-corrected chi connectivity index (χ2v) is 11.0. The quantitative estimate of drug-likeness (QED) is 0.622. The van der Waals surface area contributed by atoms with Crippen molar-refractivity contribution in [1.29, 1.82) is 5.26 Å². The lowest BCUT2D eigenvalue weighted by molar-refractivity contribution is -0.141. The molecule has 11 heteroatoms. The minimum Gasteiger partial charge on any atom is -0.444 e. The summed E-state index contributed by atoms with van der Waals surface area (Å²) in [5, 5.41) is 12.1. The molecule has 3 aliphatic heterocycles. The first-order chi connectivity index (χ1) is 17.4. The number of carbonyl (C=O) groups excluding carboxylic acids is 3. The van der Waals surface area contributed by atoms with Crippen LogP contribution in [0, 0.1) is 23.0 Å². The summed E-state index contributed by atoms with van der Waals surface area (Å²) in [5.41, 5.74) is -0.392. The maximum absolute atomic E-state index is 13.8. The molecule has 0 aromatic heterocycles. The zero-order valence-corrected chi connectivity index (χ0v) is 21.5. The fourth-order valence-electron chi connectivity index (χ4n) is 5.61. The van der Waals surface area contributed by atoms with E-state index in [4.69, 9.17) is 4.74 Å². The molecule has 200 valence electrons. The average Bonchev–Trinajstić information content (AvgIpc) is 3.50. The maximum Gasteiger partial charge on any atom is 0.408 e. The number of likely N-dealkylation sites (tertiary alicyclic amines) is 3. The Morgan fingerprint density at radius 2 is 1.92 bits per heavy atom. The molecule has 3 heterocycles. The maximum atomic E-state index is 13.8. The van der Waals surface area contributed by atoms with E-state index >= 15 is 0 Å². The van der Waals surface area contributed by atoms with Gasteiger partial charge in [0, 0.05) is 31.7 Å². The highest BCUT2D eigenvalue weighted by atomic mass is 19.1. The van der Waals surface area contributed by atoms with Crippen molar-refractivity contribution in [2.45, 2.75) is 82.8 Å². The second-order valence-electron chi connectivity index (χ2n) is 11.0. The normalized spacial score (nSPS) is 25.2. The van der Waals surface area contributed by atoms with Crippen molar-refractivity contribution in [2.75, 3.05) is 19.6 Å². The molecule has 1 aromatic carbocycles. The van der Waals surface area contributed by atoms with E-state index in [1.807, 2.05) is 4.90 Å². The van der Waals surface area contributed by atoms with Crippen LogP contribution >= 0.6 is 0 Å². The van der Waals surface area contributed by atoms with Crippen LogP contribution in [0.3, 0.4) is 0 Å². The molecule has 1 aromatic rings. The summed E-state index contributed by atoms with van der Waals surface area (Å²) in [6.07, 6.45) is 1.03. The number of alkyl carbamates (subject to hydrolysis) is 1. The third-order valence-electron chi connectivity index (χ3n) is 7.19. The van der Waals surface area contributed by atoms with Crippen LogP contribution in [-0.2, 0) is 14.3 Å². The van der Waals surface area contributed by atoms with E-state index in [1.165, 1.54) is 17.0 Å². The number of hydrogen-bond acceptors (Lipinski definition) is 6. The number of amides is 3. The fraction of sp³-hybridized carbons (Fsp3) is 0.615. The van der Waals surface area contributed by atoms with E-state index in [-0.39, 0.29) is 24.4 Å². The number of ether oxygens (including phenoxy) is 1. The van der Waals surface area contributed by atoms with E-state index in [2.05, 4.69) is 11.4 Å². The van der Waals surface area contributed by atoms with Gasteiger partial charge in [0.2, 0.25) is 11.8 Å². The summed E-state index contributed by atoms with van der Waals surface area (Å²) in [4.78, 5) is 44.3. The smallest absolute Gasteiger partial charge is 0.408 e. The van der Waals surface area contributed by atoms with Crippen molar-refractivity contribution in [1.82, 2.24) is 20.0 Å². The molecule has 0 radical (unpaired) electrons. The zero-order valence-electron chi connectivity index (χ0n) is 21.5. The van der Waals surface area contributed by atoms with Crippen molar-refractivity contribution >= 4 is 17.9 Å². The highest BCUT2D eigenvalue weighted by Gasteiger charge is 2.52. The van der Waals surface area contributed by atoms with Crippen LogP contribution in [0.1, 0.15) is 58.6 Å². The number of nitriles is 1. The Balaban J connectivity index is 1.49. The third kappa shape index (κ3) is 5.69. The summed E-state index contributed by atoms with van der Waals surface area (Å²) in [6.45, 7) is 7.83. The minimum atomic E-state index is -1.00. The van der Waals surface area contributed by atoms with Gasteiger partial charge in [0.25, 0.3) is 0 Å². The lowest BCUT2D eigenvalue weighted by atomic mass is 10.0. The van der Waals surface area contributed by atoms with Gasteiger partial charge in [-0.05, 0) is 64.7 Å². The highest BCUT2D eigenvalue weighted by molar-refractivity contribution is 5.88. The predicted octanol–water partition coefficient (Wildman–Crippen LogP) is 2.72. The van der Waals surface area contributed by atoms with Crippen molar-refractivity contribution < 1.29 is 27.9 Å². The van der Waals surface area contributed by atoms with Crippen LogP contribution < -0.4 is 5.32 Å². The molecule has 3 fully saturated rings. The van der Waals surface area contributed by atoms with Crippen LogP contribution in [0.25, 0.3) is 0 Å². The first kappa shape index (κ1) is 26.8. The summed E-state index contributed by atoms with van der Waals surface area (Å²) in [6, 6.07) is 2.59. The zero-order chi connectivity index (χ0) is 27.1. The fourth-order valence-corrected chi connectivity index (χ4v) is 5.61. The Morgan fingerprint density at radius 1 is 1.24 bits per heavy atom. The monoisotopic (exact) mass is 517 g/mol. The Kier molecular flexibility index (Phi) is 7.42. The van der Waals surface area contributed by atoms with E-state index < -0.39 is 47.5 Å².